The number of aliphatic hydroxyl groups excluding tert-OH is 2. The third-order valence-corrected chi connectivity index (χ3v) is 12.3. The molecular weight excluding hydrogens is 763 g/mol. The molecule has 1 saturated carbocycles. The number of amides is 1. The van der Waals surface area contributed by atoms with E-state index in [4.69, 9.17) is 14.3 Å². The predicted octanol–water partition coefficient (Wildman–Crippen LogP) is 8.46. The molecule has 4 aromatic rings. The highest BCUT2D eigenvalue weighted by Gasteiger charge is 2.65. The summed E-state index contributed by atoms with van der Waals surface area (Å²) in [6.45, 7) is 4.43. The molecule has 0 bridgehead atoms. The third kappa shape index (κ3) is 8.58. The number of hydrogen-bond donors (Lipinski definition) is 3. The normalized spacial score (nSPS) is 23.7. The van der Waals surface area contributed by atoms with Gasteiger partial charge in [0.15, 0.2) is 0 Å². The largest absolute Gasteiger partial charge is 0.508 e. The molecular formula is C48H53N3O9. The Hall–Kier alpha value is -5.82. The fraction of sp³-hybridized carbons (Fsp3) is 0.375. The van der Waals surface area contributed by atoms with E-state index in [9.17, 15) is 25.4 Å². The van der Waals surface area contributed by atoms with Crippen LogP contribution in [0.4, 0.5) is 5.69 Å². The minimum Gasteiger partial charge on any atom is -0.508 e. The van der Waals surface area contributed by atoms with Crippen molar-refractivity contribution in [2.24, 2.45) is 22.9 Å². The van der Waals surface area contributed by atoms with Gasteiger partial charge in [0.25, 0.3) is 5.69 Å². The van der Waals surface area contributed by atoms with Crippen LogP contribution in [0.5, 0.6) is 11.5 Å². The number of aliphatic hydroxyl groups is 2. The number of hydrogen-bond acceptors (Lipinski definition) is 10. The first-order valence-corrected chi connectivity index (χ1v) is 20.7. The van der Waals surface area contributed by atoms with Crippen LogP contribution in [0.3, 0.4) is 0 Å². The smallest absolute Gasteiger partial charge is 0.269 e. The SMILES string of the molecule is C=CCOC12Oc3ccc(O)cc3C3C(CCCCO)C(CCCCO)C=C(C(=NOC)CC1N(Cc1cccc4ccccc14)C(=O)C=Cc1ccc([N+](=O)[O-])cc1)C32. The molecule has 3 N–H and O–H groups in total. The van der Waals surface area contributed by atoms with Crippen molar-refractivity contribution in [1.29, 1.82) is 0 Å². The number of nitro benzene ring substituents is 1. The van der Waals surface area contributed by atoms with Crippen LogP contribution >= 0.6 is 0 Å². The quantitative estimate of drug-likeness (QED) is 0.0294. The summed E-state index contributed by atoms with van der Waals surface area (Å²) in [5.41, 5.74) is 3.83. The van der Waals surface area contributed by atoms with Crippen molar-refractivity contribution in [1.82, 2.24) is 4.90 Å². The Labute approximate surface area is 350 Å². The van der Waals surface area contributed by atoms with Crippen molar-refractivity contribution in [2.75, 3.05) is 26.9 Å². The second-order valence-corrected chi connectivity index (χ2v) is 15.8. The first kappa shape index (κ1) is 42.3. The molecule has 1 fully saturated rings. The highest BCUT2D eigenvalue weighted by atomic mass is 16.7. The van der Waals surface area contributed by atoms with Gasteiger partial charge in [-0.1, -0.05) is 72.6 Å². The average Bonchev–Trinajstić information content (AvgIpc) is 3.26. The number of nitrogens with zero attached hydrogens (tertiary/aromatic N) is 3. The third-order valence-electron chi connectivity index (χ3n) is 12.3. The van der Waals surface area contributed by atoms with E-state index < -0.39 is 22.7 Å². The Morgan fingerprint density at radius 3 is 2.50 bits per heavy atom. The summed E-state index contributed by atoms with van der Waals surface area (Å²) < 4.78 is 14.3. The average molecular weight is 816 g/mol. The van der Waals surface area contributed by atoms with E-state index in [-0.39, 0.29) is 67.9 Å². The maximum atomic E-state index is 15.1. The number of fused-ring (bicyclic) bond motifs is 3. The Kier molecular flexibility index (Phi) is 13.4. The molecule has 314 valence electrons. The number of benzene rings is 4. The number of non-ortho nitro benzene ring substituents is 1. The van der Waals surface area contributed by atoms with Gasteiger partial charge in [0.1, 0.15) is 24.7 Å². The number of aromatic hydroxyl groups is 1. The zero-order valence-electron chi connectivity index (χ0n) is 33.9. The summed E-state index contributed by atoms with van der Waals surface area (Å²) in [5, 5.41) is 48.7. The molecule has 6 unspecified atom stereocenters. The topological polar surface area (TPSA) is 164 Å². The maximum absolute atomic E-state index is 15.1. The zero-order chi connectivity index (χ0) is 42.2. The number of unbranched alkanes of at least 4 members (excludes halogenated alkanes) is 2. The van der Waals surface area contributed by atoms with E-state index in [0.717, 1.165) is 53.2 Å². The fourth-order valence-electron chi connectivity index (χ4n) is 9.69. The highest BCUT2D eigenvalue weighted by molar-refractivity contribution is 6.03. The Morgan fingerprint density at radius 2 is 1.77 bits per heavy atom. The molecule has 7 rings (SSSR count). The molecule has 12 heteroatoms. The number of carbonyl (C=O) groups excluding carboxylic acids is 1. The molecule has 1 amide bonds. The first-order valence-electron chi connectivity index (χ1n) is 20.7. The Balaban J connectivity index is 1.44. The van der Waals surface area contributed by atoms with E-state index in [2.05, 4.69) is 17.8 Å². The number of carbonyl (C=O) groups is 1. The Morgan fingerprint density at radius 1 is 1.02 bits per heavy atom. The molecule has 12 nitrogen and oxygen atoms in total. The van der Waals surface area contributed by atoms with Crippen LogP contribution < -0.4 is 4.74 Å². The lowest BCUT2D eigenvalue weighted by Crippen LogP contribution is -2.70. The van der Waals surface area contributed by atoms with Gasteiger partial charge in [-0.3, -0.25) is 14.9 Å². The molecule has 1 heterocycles. The summed E-state index contributed by atoms with van der Waals surface area (Å²) in [5.74, 6) is -1.95. The van der Waals surface area contributed by atoms with E-state index in [1.807, 2.05) is 42.5 Å². The summed E-state index contributed by atoms with van der Waals surface area (Å²) in [4.78, 5) is 33.4. The fourth-order valence-corrected chi connectivity index (χ4v) is 9.69. The van der Waals surface area contributed by atoms with Crippen molar-refractivity contribution in [3.05, 3.63) is 142 Å². The molecule has 0 aromatic heterocycles. The van der Waals surface area contributed by atoms with Crippen LogP contribution in [0.1, 0.15) is 67.6 Å². The number of oxime groups is 1. The first-order chi connectivity index (χ1) is 29.2. The van der Waals surface area contributed by atoms with E-state index in [0.29, 0.717) is 29.9 Å². The minimum atomic E-state index is -1.49. The van der Waals surface area contributed by atoms with Crippen LogP contribution in [0.2, 0.25) is 0 Å². The molecule has 1 aliphatic heterocycles. The van der Waals surface area contributed by atoms with Crippen molar-refractivity contribution in [3.8, 4) is 11.5 Å². The lowest BCUT2D eigenvalue weighted by molar-refractivity contribution is -0.384. The van der Waals surface area contributed by atoms with E-state index in [1.54, 1.807) is 47.4 Å². The molecule has 3 aliphatic rings. The molecule has 60 heavy (non-hydrogen) atoms. The van der Waals surface area contributed by atoms with Gasteiger partial charge >= 0.3 is 0 Å². The minimum absolute atomic E-state index is 0.00643. The van der Waals surface area contributed by atoms with E-state index >= 15 is 4.79 Å². The molecule has 0 spiro atoms. The summed E-state index contributed by atoms with van der Waals surface area (Å²) in [6.07, 6.45) is 11.7. The van der Waals surface area contributed by atoms with Crippen molar-refractivity contribution < 1.29 is 39.3 Å². The van der Waals surface area contributed by atoms with Gasteiger partial charge in [-0.2, -0.15) is 0 Å². The van der Waals surface area contributed by atoms with Crippen molar-refractivity contribution in [3.63, 3.8) is 0 Å². The zero-order valence-corrected chi connectivity index (χ0v) is 33.9. The molecule has 4 aromatic carbocycles. The number of nitro groups is 1. The van der Waals surface area contributed by atoms with Gasteiger partial charge in [0.05, 0.1) is 23.2 Å². The van der Waals surface area contributed by atoms with Crippen LogP contribution in [0, 0.1) is 27.9 Å². The molecule has 0 radical (unpaired) electrons. The number of rotatable bonds is 18. The van der Waals surface area contributed by atoms with Crippen LogP contribution in [-0.4, -0.2) is 75.5 Å². The monoisotopic (exact) mass is 815 g/mol. The van der Waals surface area contributed by atoms with Crippen molar-refractivity contribution in [2.45, 2.75) is 69.2 Å². The van der Waals surface area contributed by atoms with Crippen molar-refractivity contribution >= 4 is 34.2 Å². The highest BCUT2D eigenvalue weighted by Crippen LogP contribution is 2.62. The number of allylic oxidation sites excluding steroid dienone is 1. The summed E-state index contributed by atoms with van der Waals surface area (Å²) in [6, 6.07) is 24.4. The van der Waals surface area contributed by atoms with Crippen LogP contribution in [0.25, 0.3) is 16.8 Å². The lowest BCUT2D eigenvalue weighted by atomic mass is 9.55. The van der Waals surface area contributed by atoms with Crippen LogP contribution in [-0.2, 0) is 20.9 Å². The van der Waals surface area contributed by atoms with Gasteiger partial charge < -0.3 is 34.5 Å². The maximum Gasteiger partial charge on any atom is 0.269 e. The Bertz CT molecular complexity index is 2270. The van der Waals surface area contributed by atoms with Gasteiger partial charge in [-0.05, 0) is 101 Å². The lowest BCUT2D eigenvalue weighted by Gasteiger charge is -2.60. The predicted molar refractivity (Wildman–Crippen MR) is 230 cm³/mol. The van der Waals surface area contributed by atoms with Gasteiger partial charge in [-0.15, -0.1) is 6.58 Å². The molecule has 6 atom stereocenters. The second kappa shape index (κ2) is 19.1. The number of phenolic OH excluding ortho intramolecular Hbond substituents is 1. The van der Waals surface area contributed by atoms with E-state index in [1.165, 1.54) is 25.3 Å². The summed E-state index contributed by atoms with van der Waals surface area (Å²) in [7, 11) is 1.51. The molecule has 2 aliphatic carbocycles. The number of ether oxygens (including phenoxy) is 2. The van der Waals surface area contributed by atoms with Gasteiger partial charge in [-0.25, -0.2) is 0 Å². The van der Waals surface area contributed by atoms with Gasteiger partial charge in [0, 0.05) is 55.9 Å². The molecule has 0 saturated heterocycles. The summed E-state index contributed by atoms with van der Waals surface area (Å²) >= 11 is 0. The second-order valence-electron chi connectivity index (χ2n) is 15.8. The number of phenols is 1. The standard InChI is InChI=1S/C48H53N3O9/c1-3-27-59-48-44(50(31-35-14-10-13-33-11-4-5-15-38(33)35)45(55)24-19-32-17-20-36(21-18-32)51(56)57)30-42(49-58-2)40-28-34(12-6-8-25-52)39(16-7-9-26-53)46(47(40)48)41-29-37(54)22-23-43(41)60-48/h3-5,10-11,13-15,17-24,28-29,34,39,44,46-47,52-54H,1,6-9,12,16,25-27,30-31H2,2H3. The van der Waals surface area contributed by atoms with Gasteiger partial charge in [0.2, 0.25) is 11.7 Å². The van der Waals surface area contributed by atoms with Crippen LogP contribution in [0.15, 0.2) is 120 Å².